The maximum atomic E-state index is 10.5. The highest BCUT2D eigenvalue weighted by atomic mass is 16.5. The van der Waals surface area contributed by atoms with E-state index in [9.17, 15) is 9.59 Å². The lowest BCUT2D eigenvalue weighted by atomic mass is 10.2. The smallest absolute Gasteiger partial charge is 0.344 e. The van der Waals surface area contributed by atoms with Crippen LogP contribution >= 0.6 is 0 Å². The van der Waals surface area contributed by atoms with Gasteiger partial charge in [-0.05, 0) is 12.5 Å². The molecule has 0 aliphatic rings. The van der Waals surface area contributed by atoms with E-state index in [2.05, 4.69) is 17.9 Å². The van der Waals surface area contributed by atoms with Gasteiger partial charge in [0.05, 0.1) is 6.61 Å². The van der Waals surface area contributed by atoms with Gasteiger partial charge in [0, 0.05) is 0 Å². The second-order valence-corrected chi connectivity index (χ2v) is 3.12. The fourth-order valence-corrected chi connectivity index (χ4v) is 0.895. The summed E-state index contributed by atoms with van der Waals surface area (Å²) >= 11 is 0. The molecule has 18 heavy (non-hydrogen) atoms. The molecule has 0 saturated carbocycles. The van der Waals surface area contributed by atoms with Crippen LogP contribution in [0.25, 0.3) is 6.08 Å². The normalized spacial score (nSPS) is 8.50. The lowest BCUT2D eigenvalue weighted by Gasteiger charge is -1.98. The van der Waals surface area contributed by atoms with E-state index in [0.29, 0.717) is 0 Å². The summed E-state index contributed by atoms with van der Waals surface area (Å²) in [6.07, 6.45) is 1.83. The fourth-order valence-electron chi connectivity index (χ4n) is 0.895. The summed E-state index contributed by atoms with van der Waals surface area (Å²) in [5.74, 6) is -2.23. The first kappa shape index (κ1) is 15.6. The van der Waals surface area contributed by atoms with Gasteiger partial charge in [0.25, 0.3) is 0 Å². The Labute approximate surface area is 106 Å². The minimum atomic E-state index is -1.35. The SMILES string of the molecule is C=C(C(=O)O)C(=O)OCC.C=Cc1ccccc1. The Morgan fingerprint density at radius 1 is 1.33 bits per heavy atom. The van der Waals surface area contributed by atoms with Gasteiger partial charge in [-0.15, -0.1) is 0 Å². The molecule has 0 unspecified atom stereocenters. The van der Waals surface area contributed by atoms with Crippen LogP contribution in [-0.2, 0) is 14.3 Å². The standard InChI is InChI=1S/C8H8.C6H8O4/c1-2-8-6-4-3-5-7-8;1-3-10-6(9)4(2)5(7)8/h2-7H,1H2;2-3H2,1H3,(H,7,8). The van der Waals surface area contributed by atoms with E-state index in [1.807, 2.05) is 36.4 Å². The van der Waals surface area contributed by atoms with Gasteiger partial charge in [-0.2, -0.15) is 0 Å². The molecule has 0 bridgehead atoms. The monoisotopic (exact) mass is 248 g/mol. The molecular weight excluding hydrogens is 232 g/mol. The number of rotatable bonds is 4. The van der Waals surface area contributed by atoms with Crippen LogP contribution in [0.2, 0.25) is 0 Å². The third kappa shape index (κ3) is 6.27. The second-order valence-electron chi connectivity index (χ2n) is 3.12. The van der Waals surface area contributed by atoms with Crippen LogP contribution < -0.4 is 0 Å². The zero-order chi connectivity index (χ0) is 14.0. The van der Waals surface area contributed by atoms with E-state index >= 15 is 0 Å². The molecule has 0 atom stereocenters. The van der Waals surface area contributed by atoms with Crippen molar-refractivity contribution in [3.8, 4) is 0 Å². The number of carbonyl (C=O) groups is 2. The minimum absolute atomic E-state index is 0.158. The van der Waals surface area contributed by atoms with Crippen molar-refractivity contribution >= 4 is 18.0 Å². The summed E-state index contributed by atoms with van der Waals surface area (Å²) < 4.78 is 4.35. The molecule has 0 spiro atoms. The molecule has 1 aromatic rings. The number of aliphatic carboxylic acids is 1. The summed E-state index contributed by atoms with van der Waals surface area (Å²) in [6, 6.07) is 10.0. The van der Waals surface area contributed by atoms with Gasteiger partial charge in [0.15, 0.2) is 0 Å². The predicted octanol–water partition coefficient (Wildman–Crippen LogP) is 2.52. The van der Waals surface area contributed by atoms with Crippen LogP contribution in [0.5, 0.6) is 0 Å². The Morgan fingerprint density at radius 3 is 2.22 bits per heavy atom. The van der Waals surface area contributed by atoms with E-state index in [-0.39, 0.29) is 6.61 Å². The van der Waals surface area contributed by atoms with E-state index in [4.69, 9.17) is 5.11 Å². The summed E-state index contributed by atoms with van der Waals surface area (Å²) in [5, 5.41) is 8.18. The topological polar surface area (TPSA) is 63.6 Å². The molecule has 0 aromatic heterocycles. The van der Waals surface area contributed by atoms with Crippen molar-refractivity contribution in [2.24, 2.45) is 0 Å². The molecular formula is C14H16O4. The maximum absolute atomic E-state index is 10.5. The molecule has 0 aliphatic heterocycles. The van der Waals surface area contributed by atoms with Crippen LogP contribution in [0.4, 0.5) is 0 Å². The largest absolute Gasteiger partial charge is 0.477 e. The van der Waals surface area contributed by atoms with Gasteiger partial charge < -0.3 is 9.84 Å². The third-order valence-electron chi connectivity index (χ3n) is 1.82. The minimum Gasteiger partial charge on any atom is -0.477 e. The number of hydrogen-bond donors (Lipinski definition) is 1. The van der Waals surface area contributed by atoms with E-state index < -0.39 is 17.5 Å². The van der Waals surface area contributed by atoms with E-state index in [1.54, 1.807) is 6.92 Å². The Hall–Kier alpha value is -2.36. The van der Waals surface area contributed by atoms with Gasteiger partial charge >= 0.3 is 11.9 Å². The molecule has 0 amide bonds. The highest BCUT2D eigenvalue weighted by Gasteiger charge is 2.14. The molecule has 96 valence electrons. The van der Waals surface area contributed by atoms with Crippen molar-refractivity contribution in [1.82, 2.24) is 0 Å². The van der Waals surface area contributed by atoms with Crippen LogP contribution in [0, 0.1) is 0 Å². The Balaban J connectivity index is 0.000000327. The van der Waals surface area contributed by atoms with Crippen molar-refractivity contribution in [2.75, 3.05) is 6.61 Å². The van der Waals surface area contributed by atoms with Crippen LogP contribution in [0.15, 0.2) is 49.1 Å². The number of carboxylic acid groups (broad SMARTS) is 1. The molecule has 0 fully saturated rings. The lowest BCUT2D eigenvalue weighted by molar-refractivity contribution is -0.143. The van der Waals surface area contributed by atoms with Crippen molar-refractivity contribution in [3.63, 3.8) is 0 Å². The van der Waals surface area contributed by atoms with Crippen molar-refractivity contribution in [3.05, 3.63) is 54.6 Å². The third-order valence-corrected chi connectivity index (χ3v) is 1.82. The fraction of sp³-hybridized carbons (Fsp3) is 0.143. The quantitative estimate of drug-likeness (QED) is 0.385. The molecule has 0 saturated heterocycles. The van der Waals surface area contributed by atoms with Crippen molar-refractivity contribution < 1.29 is 19.4 Å². The van der Waals surface area contributed by atoms with Crippen molar-refractivity contribution in [2.45, 2.75) is 6.92 Å². The summed E-state index contributed by atoms with van der Waals surface area (Å²) in [4.78, 5) is 20.5. The number of carbonyl (C=O) groups excluding carboxylic acids is 1. The summed E-state index contributed by atoms with van der Waals surface area (Å²) in [5.41, 5.74) is 0.634. The highest BCUT2D eigenvalue weighted by Crippen LogP contribution is 1.97. The number of carboxylic acids is 1. The molecule has 1 rings (SSSR count). The first-order valence-corrected chi connectivity index (χ1v) is 5.29. The van der Waals surface area contributed by atoms with Crippen molar-refractivity contribution in [1.29, 1.82) is 0 Å². The van der Waals surface area contributed by atoms with E-state index in [1.165, 1.54) is 5.56 Å². The second kappa shape index (κ2) is 8.75. The van der Waals surface area contributed by atoms with Gasteiger partial charge in [0.1, 0.15) is 5.57 Å². The van der Waals surface area contributed by atoms with E-state index in [0.717, 1.165) is 0 Å². The first-order valence-electron chi connectivity index (χ1n) is 5.29. The molecule has 1 aromatic carbocycles. The van der Waals surface area contributed by atoms with Crippen LogP contribution in [0.3, 0.4) is 0 Å². The lowest BCUT2D eigenvalue weighted by Crippen LogP contribution is -2.13. The Morgan fingerprint density at radius 2 is 1.89 bits per heavy atom. The number of ether oxygens (including phenoxy) is 1. The van der Waals surface area contributed by atoms with Gasteiger partial charge in [0.2, 0.25) is 0 Å². The van der Waals surface area contributed by atoms with Gasteiger partial charge in [-0.3, -0.25) is 0 Å². The van der Waals surface area contributed by atoms with Crippen LogP contribution in [-0.4, -0.2) is 23.7 Å². The molecule has 1 N–H and O–H groups in total. The Kier molecular flexibility index (Phi) is 7.61. The number of hydrogen-bond acceptors (Lipinski definition) is 3. The zero-order valence-corrected chi connectivity index (χ0v) is 10.3. The first-order chi connectivity index (χ1) is 8.52. The Bertz CT molecular complexity index is 421. The molecule has 0 heterocycles. The molecule has 4 heteroatoms. The van der Waals surface area contributed by atoms with Gasteiger partial charge in [-0.1, -0.05) is 49.6 Å². The zero-order valence-electron chi connectivity index (χ0n) is 10.3. The number of benzene rings is 1. The molecule has 0 aliphatic carbocycles. The highest BCUT2D eigenvalue weighted by molar-refractivity contribution is 6.12. The summed E-state index contributed by atoms with van der Waals surface area (Å²) in [6.45, 7) is 8.38. The molecule has 0 radical (unpaired) electrons. The predicted molar refractivity (Wildman–Crippen MR) is 69.9 cm³/mol. The van der Waals surface area contributed by atoms with Gasteiger partial charge in [-0.25, -0.2) is 9.59 Å². The molecule has 4 nitrogen and oxygen atoms in total. The maximum Gasteiger partial charge on any atom is 0.344 e. The van der Waals surface area contributed by atoms with Crippen LogP contribution in [0.1, 0.15) is 12.5 Å². The average molecular weight is 248 g/mol. The average Bonchev–Trinajstić information content (AvgIpc) is 2.39. The summed E-state index contributed by atoms with van der Waals surface area (Å²) in [7, 11) is 0. The number of esters is 1.